The topological polar surface area (TPSA) is 69.2 Å². The monoisotopic (exact) mass is 545 g/mol. The van der Waals surface area contributed by atoms with E-state index in [4.69, 9.17) is 4.74 Å². The summed E-state index contributed by atoms with van der Waals surface area (Å²) in [5.74, 6) is 2.48. The van der Waals surface area contributed by atoms with Crippen LogP contribution >= 0.6 is 24.0 Å². The van der Waals surface area contributed by atoms with E-state index in [-0.39, 0.29) is 35.9 Å². The molecule has 2 N–H and O–H groups in total. The average Bonchev–Trinajstić information content (AvgIpc) is 2.70. The number of rotatable bonds is 9. The molecule has 1 fully saturated rings. The molecule has 0 aliphatic carbocycles. The summed E-state index contributed by atoms with van der Waals surface area (Å²) >= 11 is 0. The summed E-state index contributed by atoms with van der Waals surface area (Å²) in [5, 5.41) is 6.43. The maximum Gasteiger partial charge on any atom is 0.234 e. The Balaban J connectivity index is 0.00000480. The number of carbonyl (C=O) groups excluding carboxylic acids is 1. The lowest BCUT2D eigenvalue weighted by Crippen LogP contribution is -2.54. The van der Waals surface area contributed by atoms with Crippen molar-refractivity contribution >= 4 is 35.8 Å². The van der Waals surface area contributed by atoms with Gasteiger partial charge in [0, 0.05) is 45.8 Å². The Morgan fingerprint density at radius 3 is 2.29 bits per heavy atom. The number of hydrogen-bond acceptors (Lipinski definition) is 4. The van der Waals surface area contributed by atoms with Gasteiger partial charge >= 0.3 is 0 Å². The van der Waals surface area contributed by atoms with Crippen molar-refractivity contribution < 1.29 is 9.53 Å². The molecule has 1 aromatic rings. The van der Waals surface area contributed by atoms with E-state index in [1.807, 2.05) is 33.0 Å². The first-order valence-corrected chi connectivity index (χ1v) is 11.1. The normalized spacial score (nSPS) is 15.1. The van der Waals surface area contributed by atoms with Crippen LogP contribution in [-0.2, 0) is 11.2 Å². The molecule has 1 aliphatic rings. The van der Waals surface area contributed by atoms with Gasteiger partial charge in [-0.05, 0) is 43.9 Å². The molecular formula is C23H40IN5O2. The second-order valence-electron chi connectivity index (χ2n) is 8.56. The predicted molar refractivity (Wildman–Crippen MR) is 139 cm³/mol. The van der Waals surface area contributed by atoms with E-state index < -0.39 is 0 Å². The molecule has 1 amide bonds. The number of amides is 1. The van der Waals surface area contributed by atoms with E-state index in [0.717, 1.165) is 57.5 Å². The number of nitrogens with zero attached hydrogens (tertiary/aromatic N) is 3. The summed E-state index contributed by atoms with van der Waals surface area (Å²) < 4.78 is 5.74. The summed E-state index contributed by atoms with van der Waals surface area (Å²) in [6.07, 6.45) is 0.929. The zero-order valence-corrected chi connectivity index (χ0v) is 22.0. The van der Waals surface area contributed by atoms with E-state index in [0.29, 0.717) is 12.5 Å². The quantitative estimate of drug-likeness (QED) is 0.284. The number of hydrogen-bond donors (Lipinski definition) is 2. The molecule has 1 saturated heterocycles. The molecule has 1 aliphatic heterocycles. The Bertz CT molecular complexity index is 671. The van der Waals surface area contributed by atoms with E-state index >= 15 is 0 Å². The lowest BCUT2D eigenvalue weighted by atomic mass is 10.1. The Hall–Kier alpha value is -1.55. The van der Waals surface area contributed by atoms with Crippen LogP contribution in [0.25, 0.3) is 0 Å². The van der Waals surface area contributed by atoms with Crippen molar-refractivity contribution in [3.8, 4) is 5.75 Å². The Morgan fingerprint density at radius 1 is 1.10 bits per heavy atom. The van der Waals surface area contributed by atoms with Crippen LogP contribution in [0, 0.1) is 5.92 Å². The van der Waals surface area contributed by atoms with E-state index in [1.165, 1.54) is 5.56 Å². The van der Waals surface area contributed by atoms with Gasteiger partial charge in [-0.1, -0.05) is 26.0 Å². The highest BCUT2D eigenvalue weighted by Gasteiger charge is 2.21. The van der Waals surface area contributed by atoms with Crippen LogP contribution in [0.4, 0.5) is 0 Å². The zero-order chi connectivity index (χ0) is 21.9. The van der Waals surface area contributed by atoms with Gasteiger partial charge in [-0.3, -0.25) is 14.7 Å². The van der Waals surface area contributed by atoms with Crippen LogP contribution < -0.4 is 15.4 Å². The first-order chi connectivity index (χ1) is 14.4. The molecule has 8 heteroatoms. The zero-order valence-electron chi connectivity index (χ0n) is 19.7. The molecule has 0 radical (unpaired) electrons. The van der Waals surface area contributed by atoms with Crippen LogP contribution in [0.5, 0.6) is 5.75 Å². The summed E-state index contributed by atoms with van der Waals surface area (Å²) in [6.45, 7) is 13.8. The largest absolute Gasteiger partial charge is 0.493 e. The van der Waals surface area contributed by atoms with Gasteiger partial charge in [0.25, 0.3) is 0 Å². The molecule has 7 nitrogen and oxygen atoms in total. The van der Waals surface area contributed by atoms with Gasteiger partial charge in [0.2, 0.25) is 5.91 Å². The fraction of sp³-hybridized carbons (Fsp3) is 0.652. The van der Waals surface area contributed by atoms with Crippen LogP contribution in [-0.4, -0.2) is 80.6 Å². The van der Waals surface area contributed by atoms with Gasteiger partial charge in [-0.2, -0.15) is 0 Å². The van der Waals surface area contributed by atoms with Crippen LogP contribution in [0.3, 0.4) is 0 Å². The first-order valence-electron chi connectivity index (χ1n) is 11.1. The second-order valence-corrected chi connectivity index (χ2v) is 8.56. The number of ether oxygens (including phenoxy) is 1. The highest BCUT2D eigenvalue weighted by Crippen LogP contribution is 2.13. The minimum atomic E-state index is 0. The molecule has 1 heterocycles. The minimum Gasteiger partial charge on any atom is -0.493 e. The van der Waals surface area contributed by atoms with Gasteiger partial charge < -0.3 is 20.3 Å². The number of aliphatic imine (C=N–C) groups is 1. The summed E-state index contributed by atoms with van der Waals surface area (Å²) in [7, 11) is 1.83. The van der Waals surface area contributed by atoms with Crippen LogP contribution in [0.2, 0.25) is 0 Å². The molecule has 0 bridgehead atoms. The van der Waals surface area contributed by atoms with Crippen LogP contribution in [0.1, 0.15) is 33.3 Å². The lowest BCUT2D eigenvalue weighted by molar-refractivity contribution is -0.123. The van der Waals surface area contributed by atoms with Gasteiger partial charge in [-0.15, -0.1) is 24.0 Å². The maximum atomic E-state index is 11.9. The molecule has 0 spiro atoms. The molecule has 2 rings (SSSR count). The molecule has 0 atom stereocenters. The van der Waals surface area contributed by atoms with Gasteiger partial charge in [-0.25, -0.2) is 0 Å². The van der Waals surface area contributed by atoms with Crippen molar-refractivity contribution in [1.29, 1.82) is 0 Å². The van der Waals surface area contributed by atoms with Crippen molar-refractivity contribution in [3.05, 3.63) is 29.8 Å². The molecule has 176 valence electrons. The van der Waals surface area contributed by atoms with E-state index in [1.54, 1.807) is 0 Å². The number of nitrogens with one attached hydrogen (secondary N) is 2. The average molecular weight is 546 g/mol. The first kappa shape index (κ1) is 27.5. The van der Waals surface area contributed by atoms with Crippen molar-refractivity contribution in [2.75, 3.05) is 52.9 Å². The SMILES string of the molecule is CN=C(NCCc1ccc(OCC(C)C)cc1)N1CCN(CC(=O)NC(C)C)CC1.I. The fourth-order valence-corrected chi connectivity index (χ4v) is 3.35. The number of benzene rings is 1. The van der Waals surface area contributed by atoms with Gasteiger partial charge in [0.15, 0.2) is 5.96 Å². The molecule has 1 aromatic carbocycles. The van der Waals surface area contributed by atoms with Crippen molar-refractivity contribution in [2.24, 2.45) is 10.9 Å². The Labute approximate surface area is 205 Å². The fourth-order valence-electron chi connectivity index (χ4n) is 3.35. The third-order valence-corrected chi connectivity index (χ3v) is 4.90. The minimum absolute atomic E-state index is 0. The standard InChI is InChI=1S/C23H39N5O2.HI/c1-18(2)17-30-21-8-6-20(7-9-21)10-11-25-23(24-5)28-14-12-27(13-15-28)16-22(29)26-19(3)4;/h6-9,18-19H,10-17H2,1-5H3,(H,24,25)(H,26,29);1H. The molecule has 0 aromatic heterocycles. The number of carbonyl (C=O) groups is 1. The van der Waals surface area contributed by atoms with Crippen molar-refractivity contribution in [1.82, 2.24) is 20.4 Å². The van der Waals surface area contributed by atoms with E-state index in [2.05, 4.69) is 51.4 Å². The maximum absolute atomic E-state index is 11.9. The second kappa shape index (κ2) is 14.5. The number of piperazine rings is 1. The van der Waals surface area contributed by atoms with Crippen molar-refractivity contribution in [3.63, 3.8) is 0 Å². The molecule has 31 heavy (non-hydrogen) atoms. The van der Waals surface area contributed by atoms with Gasteiger partial charge in [0.05, 0.1) is 13.2 Å². The van der Waals surface area contributed by atoms with Gasteiger partial charge in [0.1, 0.15) is 5.75 Å². The lowest BCUT2D eigenvalue weighted by Gasteiger charge is -2.36. The summed E-state index contributed by atoms with van der Waals surface area (Å²) in [5.41, 5.74) is 1.27. The molecule has 0 saturated carbocycles. The van der Waals surface area contributed by atoms with Crippen LogP contribution in [0.15, 0.2) is 29.3 Å². The predicted octanol–water partition coefficient (Wildman–Crippen LogP) is 2.60. The summed E-state index contributed by atoms with van der Waals surface area (Å²) in [4.78, 5) is 20.8. The Morgan fingerprint density at radius 2 is 1.74 bits per heavy atom. The number of halogens is 1. The molecular weight excluding hydrogens is 505 g/mol. The van der Waals surface area contributed by atoms with E-state index in [9.17, 15) is 4.79 Å². The van der Waals surface area contributed by atoms with Crippen molar-refractivity contribution in [2.45, 2.75) is 40.2 Å². The third-order valence-electron chi connectivity index (χ3n) is 4.90. The smallest absolute Gasteiger partial charge is 0.234 e. The summed E-state index contributed by atoms with van der Waals surface area (Å²) in [6, 6.07) is 8.52. The Kier molecular flexibility index (Phi) is 12.9. The number of guanidine groups is 1. The highest BCUT2D eigenvalue weighted by atomic mass is 127. The highest BCUT2D eigenvalue weighted by molar-refractivity contribution is 14.0. The molecule has 0 unspecified atom stereocenters. The third kappa shape index (κ3) is 10.5.